The van der Waals surface area contributed by atoms with Crippen molar-refractivity contribution in [2.45, 2.75) is 13.8 Å². The Morgan fingerprint density at radius 3 is 2.46 bits per heavy atom. The fourth-order valence-electron chi connectivity index (χ4n) is 0.882. The summed E-state index contributed by atoms with van der Waals surface area (Å²) in [7, 11) is 0. The molecule has 1 aromatic carbocycles. The van der Waals surface area contributed by atoms with Crippen molar-refractivity contribution >= 4 is 22.9 Å². The van der Waals surface area contributed by atoms with Crippen LogP contribution in [0.4, 0.5) is 5.69 Å². The van der Waals surface area contributed by atoms with Crippen molar-refractivity contribution in [3.63, 3.8) is 0 Å². The maximum atomic E-state index is 5.18. The van der Waals surface area contributed by atoms with Crippen LogP contribution in [-0.2, 0) is 0 Å². The molecule has 0 aliphatic heterocycles. The molecule has 0 spiro atoms. The number of hydrogen-bond acceptors (Lipinski definition) is 1. The van der Waals surface area contributed by atoms with Crippen LogP contribution in [0.2, 0.25) is 0 Å². The molecule has 0 unspecified atom stereocenters. The van der Waals surface area contributed by atoms with Crippen LogP contribution in [-0.4, -0.2) is 4.99 Å². The number of thiocarbonyl (C=S) groups is 1. The average molecular weight is 191 g/mol. The predicted molar refractivity (Wildman–Crippen MR) is 62.1 cm³/mol. The smallest absolute Gasteiger partial charge is 0.106 e. The predicted octanol–water partition coefficient (Wildman–Crippen LogP) is 3.39. The van der Waals surface area contributed by atoms with Crippen molar-refractivity contribution in [1.82, 2.24) is 0 Å². The molecule has 0 aliphatic carbocycles. The van der Waals surface area contributed by atoms with Crippen molar-refractivity contribution in [3.05, 3.63) is 42.0 Å². The Kier molecular flexibility index (Phi) is 3.65. The lowest BCUT2D eigenvalue weighted by Gasteiger charge is -2.06. The third kappa shape index (κ3) is 2.99. The highest BCUT2D eigenvalue weighted by atomic mass is 32.1. The topological polar surface area (TPSA) is 12.0 Å². The average Bonchev–Trinajstić information content (AvgIpc) is 2.18. The fourth-order valence-corrected chi connectivity index (χ4v) is 1.12. The van der Waals surface area contributed by atoms with Crippen molar-refractivity contribution in [2.24, 2.45) is 0 Å². The molecule has 0 heterocycles. The largest absolute Gasteiger partial charge is 0.346 e. The summed E-state index contributed by atoms with van der Waals surface area (Å²) in [5.41, 5.74) is 2.13. The second-order valence-electron chi connectivity index (χ2n) is 2.79. The molecule has 0 atom stereocenters. The summed E-state index contributed by atoms with van der Waals surface area (Å²) in [5, 5.41) is 3.16. The molecule has 0 radical (unpaired) electrons. The quantitative estimate of drug-likeness (QED) is 0.568. The van der Waals surface area contributed by atoms with Crippen LogP contribution in [0.3, 0.4) is 0 Å². The van der Waals surface area contributed by atoms with Gasteiger partial charge in [0.15, 0.2) is 0 Å². The van der Waals surface area contributed by atoms with E-state index in [0.29, 0.717) is 0 Å². The van der Waals surface area contributed by atoms with Crippen LogP contribution in [0.5, 0.6) is 0 Å². The number of anilines is 1. The molecule has 0 aliphatic rings. The Morgan fingerprint density at radius 2 is 1.92 bits per heavy atom. The summed E-state index contributed by atoms with van der Waals surface area (Å²) < 4.78 is 0. The molecule has 68 valence electrons. The van der Waals surface area contributed by atoms with Gasteiger partial charge in [0.25, 0.3) is 0 Å². The molecule has 1 rings (SSSR count). The van der Waals surface area contributed by atoms with Crippen LogP contribution in [0, 0.1) is 0 Å². The molecule has 0 aromatic heterocycles. The van der Waals surface area contributed by atoms with E-state index in [4.69, 9.17) is 12.2 Å². The zero-order valence-electron chi connectivity index (χ0n) is 7.87. The van der Waals surface area contributed by atoms with Gasteiger partial charge in [-0.2, -0.15) is 0 Å². The molecule has 13 heavy (non-hydrogen) atoms. The maximum Gasteiger partial charge on any atom is 0.106 e. The van der Waals surface area contributed by atoms with Crippen molar-refractivity contribution in [1.29, 1.82) is 0 Å². The Bertz CT molecular complexity index is 314. The highest BCUT2D eigenvalue weighted by Crippen LogP contribution is 2.07. The SMILES string of the molecule is C/C=C(\C)C(=S)Nc1ccccc1. The van der Waals surface area contributed by atoms with Gasteiger partial charge in [0, 0.05) is 5.69 Å². The van der Waals surface area contributed by atoms with Crippen LogP contribution in [0.25, 0.3) is 0 Å². The molecule has 0 bridgehead atoms. The summed E-state index contributed by atoms with van der Waals surface area (Å²) in [5.74, 6) is 0. The first-order valence-electron chi connectivity index (χ1n) is 4.23. The third-order valence-electron chi connectivity index (χ3n) is 1.82. The van der Waals surface area contributed by atoms with Gasteiger partial charge in [0.05, 0.1) is 0 Å². The number of nitrogens with one attached hydrogen (secondary N) is 1. The third-order valence-corrected chi connectivity index (χ3v) is 2.25. The van der Waals surface area contributed by atoms with Crippen molar-refractivity contribution in [2.75, 3.05) is 5.32 Å². The molecule has 1 nitrogen and oxygen atoms in total. The van der Waals surface area contributed by atoms with Gasteiger partial charge >= 0.3 is 0 Å². The number of benzene rings is 1. The van der Waals surface area contributed by atoms with E-state index in [1.54, 1.807) is 0 Å². The van der Waals surface area contributed by atoms with E-state index in [2.05, 4.69) is 5.32 Å². The molecule has 0 saturated heterocycles. The summed E-state index contributed by atoms with van der Waals surface area (Å²) in [6, 6.07) is 9.94. The van der Waals surface area contributed by atoms with Crippen molar-refractivity contribution < 1.29 is 0 Å². The van der Waals surface area contributed by atoms with Crippen LogP contribution in [0.15, 0.2) is 42.0 Å². The van der Waals surface area contributed by atoms with E-state index < -0.39 is 0 Å². The van der Waals surface area contributed by atoms with Crippen LogP contribution >= 0.6 is 12.2 Å². The van der Waals surface area contributed by atoms with E-state index in [0.717, 1.165) is 16.2 Å². The van der Waals surface area contributed by atoms with Gasteiger partial charge in [0.2, 0.25) is 0 Å². The van der Waals surface area contributed by atoms with E-state index in [9.17, 15) is 0 Å². The van der Waals surface area contributed by atoms with E-state index >= 15 is 0 Å². The van der Waals surface area contributed by atoms with Crippen molar-refractivity contribution in [3.8, 4) is 0 Å². The Balaban J connectivity index is 2.66. The first kappa shape index (κ1) is 9.93. The monoisotopic (exact) mass is 191 g/mol. The summed E-state index contributed by atoms with van der Waals surface area (Å²) in [6.07, 6.45) is 2.00. The molecule has 1 aromatic rings. The Hall–Kier alpha value is -1.15. The molecular formula is C11H13NS. The van der Waals surface area contributed by atoms with Gasteiger partial charge in [-0.3, -0.25) is 0 Å². The van der Waals surface area contributed by atoms with E-state index in [-0.39, 0.29) is 0 Å². The second kappa shape index (κ2) is 4.77. The maximum absolute atomic E-state index is 5.18. The van der Waals surface area contributed by atoms with Gasteiger partial charge in [0.1, 0.15) is 4.99 Å². The Labute approximate surface area is 84.5 Å². The highest BCUT2D eigenvalue weighted by molar-refractivity contribution is 7.81. The zero-order chi connectivity index (χ0) is 9.68. The molecule has 1 N–H and O–H groups in total. The molecule has 0 amide bonds. The van der Waals surface area contributed by atoms with Gasteiger partial charge in [-0.15, -0.1) is 0 Å². The lowest BCUT2D eigenvalue weighted by molar-refractivity contribution is 1.52. The normalized spacial score (nSPS) is 11.1. The first-order chi connectivity index (χ1) is 6.24. The number of rotatable bonds is 2. The highest BCUT2D eigenvalue weighted by Gasteiger charge is 1.97. The minimum absolute atomic E-state index is 0.786. The zero-order valence-corrected chi connectivity index (χ0v) is 8.69. The lowest BCUT2D eigenvalue weighted by atomic mass is 10.2. The van der Waals surface area contributed by atoms with E-state index in [1.807, 2.05) is 50.3 Å². The summed E-state index contributed by atoms with van der Waals surface area (Å²) in [6.45, 7) is 3.98. The summed E-state index contributed by atoms with van der Waals surface area (Å²) >= 11 is 5.18. The van der Waals surface area contributed by atoms with Gasteiger partial charge in [-0.25, -0.2) is 0 Å². The van der Waals surface area contributed by atoms with Crippen LogP contribution < -0.4 is 5.32 Å². The van der Waals surface area contributed by atoms with Gasteiger partial charge in [-0.1, -0.05) is 36.5 Å². The summed E-state index contributed by atoms with van der Waals surface area (Å²) in [4.78, 5) is 0.786. The fraction of sp³-hybridized carbons (Fsp3) is 0.182. The number of hydrogen-bond donors (Lipinski definition) is 1. The lowest BCUT2D eigenvalue weighted by Crippen LogP contribution is -2.09. The number of allylic oxidation sites excluding steroid dienone is 1. The van der Waals surface area contributed by atoms with Crippen LogP contribution in [0.1, 0.15) is 13.8 Å². The Morgan fingerprint density at radius 1 is 1.31 bits per heavy atom. The molecular weight excluding hydrogens is 178 g/mol. The van der Waals surface area contributed by atoms with Gasteiger partial charge in [-0.05, 0) is 31.6 Å². The van der Waals surface area contributed by atoms with E-state index in [1.165, 1.54) is 0 Å². The van der Waals surface area contributed by atoms with Gasteiger partial charge < -0.3 is 5.32 Å². The molecule has 2 heteroatoms. The first-order valence-corrected chi connectivity index (χ1v) is 4.64. The molecule has 0 saturated carbocycles. The molecule has 0 fully saturated rings. The second-order valence-corrected chi connectivity index (χ2v) is 3.20. The number of para-hydroxylation sites is 1. The minimum Gasteiger partial charge on any atom is -0.346 e. The standard InChI is InChI=1S/C11H13NS/c1-3-9(2)11(13)12-10-7-5-4-6-8-10/h3-8H,1-2H3,(H,12,13)/b9-3+. The minimum atomic E-state index is 0.786.